The van der Waals surface area contributed by atoms with Gasteiger partial charge in [-0.25, -0.2) is 0 Å². The fraction of sp³-hybridized carbons (Fsp3) is 0.235. The van der Waals surface area contributed by atoms with E-state index in [4.69, 9.17) is 4.74 Å². The Kier molecular flexibility index (Phi) is 5.01. The second-order valence-electron chi connectivity index (χ2n) is 4.98. The van der Waals surface area contributed by atoms with Gasteiger partial charge in [-0.3, -0.25) is 4.99 Å². The van der Waals surface area contributed by atoms with Crippen LogP contribution in [-0.4, -0.2) is 34.7 Å². The van der Waals surface area contributed by atoms with Crippen molar-refractivity contribution in [2.45, 2.75) is 19.1 Å². The molecule has 0 aliphatic heterocycles. The van der Waals surface area contributed by atoms with Crippen molar-refractivity contribution in [3.8, 4) is 17.2 Å². The molecule has 0 aliphatic carbocycles. The summed E-state index contributed by atoms with van der Waals surface area (Å²) in [5, 5.41) is 29.3. The van der Waals surface area contributed by atoms with Crippen LogP contribution in [0.3, 0.4) is 0 Å². The van der Waals surface area contributed by atoms with Gasteiger partial charge in [0.05, 0.1) is 13.2 Å². The Balaban J connectivity index is 2.13. The number of ether oxygens (including phenoxy) is 1. The summed E-state index contributed by atoms with van der Waals surface area (Å²) in [6.07, 6.45) is 0.705. The third-order valence-electron chi connectivity index (χ3n) is 3.38. The van der Waals surface area contributed by atoms with E-state index in [0.717, 1.165) is 0 Å². The second-order valence-corrected chi connectivity index (χ2v) is 4.98. The Labute approximate surface area is 129 Å². The highest BCUT2D eigenvalue weighted by Gasteiger charge is 2.15. The summed E-state index contributed by atoms with van der Waals surface area (Å²) in [5.74, 6) is 0.857. The van der Waals surface area contributed by atoms with E-state index in [1.165, 1.54) is 24.4 Å². The number of methoxy groups -OCH3 is 1. The highest BCUT2D eigenvalue weighted by Crippen LogP contribution is 2.23. The molecule has 2 rings (SSSR count). The van der Waals surface area contributed by atoms with E-state index in [0.29, 0.717) is 16.9 Å². The Bertz CT molecular complexity index is 652. The number of aromatic hydroxyl groups is 2. The van der Waals surface area contributed by atoms with Gasteiger partial charge in [0.1, 0.15) is 23.4 Å². The molecule has 2 aromatic rings. The van der Waals surface area contributed by atoms with Crippen molar-refractivity contribution >= 4 is 6.21 Å². The minimum absolute atomic E-state index is 0.0934. The van der Waals surface area contributed by atoms with Crippen LogP contribution in [0, 0.1) is 0 Å². The lowest BCUT2D eigenvalue weighted by Crippen LogP contribution is -2.12. The van der Waals surface area contributed by atoms with E-state index in [2.05, 4.69) is 4.99 Å². The van der Waals surface area contributed by atoms with E-state index in [9.17, 15) is 15.3 Å². The fourth-order valence-electron chi connectivity index (χ4n) is 1.99. The minimum atomic E-state index is -0.801. The number of hydrogen-bond donors (Lipinski definition) is 3. The Morgan fingerprint density at radius 3 is 2.41 bits per heavy atom. The van der Waals surface area contributed by atoms with Crippen LogP contribution in [-0.2, 0) is 0 Å². The zero-order valence-corrected chi connectivity index (χ0v) is 12.5. The number of phenolic OH excluding ortho intramolecular Hbond substituents is 2. The lowest BCUT2D eigenvalue weighted by molar-refractivity contribution is 0.154. The largest absolute Gasteiger partial charge is 0.508 e. The van der Waals surface area contributed by atoms with Gasteiger partial charge in [0.15, 0.2) is 0 Å². The van der Waals surface area contributed by atoms with Crippen molar-refractivity contribution in [2.24, 2.45) is 4.99 Å². The van der Waals surface area contributed by atoms with E-state index in [1.54, 1.807) is 38.3 Å². The average Bonchev–Trinajstić information content (AvgIpc) is 2.54. The number of aliphatic hydroxyl groups is 1. The number of benzene rings is 2. The zero-order chi connectivity index (χ0) is 16.1. The van der Waals surface area contributed by atoms with Crippen molar-refractivity contribution < 1.29 is 20.1 Å². The molecule has 0 heterocycles. The highest BCUT2D eigenvalue weighted by molar-refractivity contribution is 5.84. The first-order chi connectivity index (χ1) is 10.5. The van der Waals surface area contributed by atoms with Crippen LogP contribution >= 0.6 is 0 Å². The van der Waals surface area contributed by atoms with Crippen LogP contribution in [0.2, 0.25) is 0 Å². The number of phenols is 2. The molecule has 0 unspecified atom stereocenters. The molecule has 5 heteroatoms. The number of rotatable bonds is 5. The monoisotopic (exact) mass is 301 g/mol. The third-order valence-corrected chi connectivity index (χ3v) is 3.38. The quantitative estimate of drug-likeness (QED) is 0.741. The number of hydrogen-bond acceptors (Lipinski definition) is 5. The maximum atomic E-state index is 10.2. The molecular formula is C17H19NO4. The fourth-order valence-corrected chi connectivity index (χ4v) is 1.99. The number of aliphatic imine (C=N–C) groups is 1. The first-order valence-corrected chi connectivity index (χ1v) is 6.88. The van der Waals surface area contributed by atoms with Crippen molar-refractivity contribution in [2.75, 3.05) is 7.11 Å². The summed E-state index contributed by atoms with van der Waals surface area (Å²) in [5.41, 5.74) is 1.18. The molecule has 0 aliphatic rings. The molecule has 0 saturated carbocycles. The van der Waals surface area contributed by atoms with Crippen LogP contribution in [0.4, 0.5) is 0 Å². The number of nitrogens with zero attached hydrogens (tertiary/aromatic N) is 1. The molecule has 2 atom stereocenters. The minimum Gasteiger partial charge on any atom is -0.508 e. The Morgan fingerprint density at radius 2 is 1.77 bits per heavy atom. The second kappa shape index (κ2) is 6.95. The Hall–Kier alpha value is -2.53. The normalized spacial score (nSPS) is 14.0. The van der Waals surface area contributed by atoms with Crippen LogP contribution in [0.5, 0.6) is 17.2 Å². The topological polar surface area (TPSA) is 82.3 Å². The summed E-state index contributed by atoms with van der Waals surface area (Å²) < 4.78 is 5.10. The molecule has 0 bridgehead atoms. The van der Waals surface area contributed by atoms with Crippen molar-refractivity contribution in [1.29, 1.82) is 0 Å². The highest BCUT2D eigenvalue weighted by atomic mass is 16.5. The maximum Gasteiger partial charge on any atom is 0.124 e. The predicted molar refractivity (Wildman–Crippen MR) is 84.8 cm³/mol. The van der Waals surface area contributed by atoms with Crippen molar-refractivity contribution in [3.05, 3.63) is 53.6 Å². The van der Waals surface area contributed by atoms with Crippen molar-refractivity contribution in [1.82, 2.24) is 0 Å². The number of aliphatic hydroxyl groups excluding tert-OH is 1. The maximum absolute atomic E-state index is 10.2. The zero-order valence-electron chi connectivity index (χ0n) is 12.5. The summed E-state index contributed by atoms with van der Waals surface area (Å²) in [6.45, 7) is 1.77. The molecule has 2 aromatic carbocycles. The molecule has 22 heavy (non-hydrogen) atoms. The van der Waals surface area contributed by atoms with E-state index < -0.39 is 12.1 Å². The molecule has 5 nitrogen and oxygen atoms in total. The molecule has 0 amide bonds. The van der Waals surface area contributed by atoms with Gasteiger partial charge in [0.25, 0.3) is 0 Å². The third kappa shape index (κ3) is 3.77. The van der Waals surface area contributed by atoms with Gasteiger partial charge >= 0.3 is 0 Å². The van der Waals surface area contributed by atoms with Crippen LogP contribution in [0.1, 0.15) is 24.2 Å². The van der Waals surface area contributed by atoms with Crippen LogP contribution < -0.4 is 4.74 Å². The molecular weight excluding hydrogens is 282 g/mol. The van der Waals surface area contributed by atoms with E-state index >= 15 is 0 Å². The summed E-state index contributed by atoms with van der Waals surface area (Å²) in [4.78, 5) is 4.28. The molecule has 116 valence electrons. The molecule has 0 radical (unpaired) electrons. The van der Waals surface area contributed by atoms with Crippen molar-refractivity contribution in [3.63, 3.8) is 0 Å². The van der Waals surface area contributed by atoms with E-state index in [-0.39, 0.29) is 11.5 Å². The summed E-state index contributed by atoms with van der Waals surface area (Å²) in [7, 11) is 1.55. The van der Waals surface area contributed by atoms with Gasteiger partial charge < -0.3 is 20.1 Å². The smallest absolute Gasteiger partial charge is 0.124 e. The lowest BCUT2D eigenvalue weighted by atomic mass is 10.0. The lowest BCUT2D eigenvalue weighted by Gasteiger charge is -2.15. The molecule has 0 saturated heterocycles. The first kappa shape index (κ1) is 15.9. The standard InChI is InChI=1S/C17H19NO4/c1-11(17(21)12-3-5-14(19)6-4-12)18-10-13-9-15(22-2)7-8-16(13)20/h3-11,17,19-21H,1-2H3/t11-,17+/m1/s1. The SMILES string of the molecule is COc1ccc(O)c(C=N[C@H](C)[C@H](O)c2ccc(O)cc2)c1. The molecule has 0 spiro atoms. The van der Waals surface area contributed by atoms with Crippen LogP contribution in [0.25, 0.3) is 0 Å². The molecule has 0 fully saturated rings. The molecule has 0 aromatic heterocycles. The van der Waals surface area contributed by atoms with Gasteiger partial charge in [-0.05, 0) is 42.8 Å². The predicted octanol–water partition coefficient (Wildman–Crippen LogP) is 2.65. The average molecular weight is 301 g/mol. The first-order valence-electron chi connectivity index (χ1n) is 6.88. The summed E-state index contributed by atoms with van der Waals surface area (Å²) in [6, 6.07) is 10.8. The summed E-state index contributed by atoms with van der Waals surface area (Å²) >= 11 is 0. The van der Waals surface area contributed by atoms with Gasteiger partial charge in [-0.2, -0.15) is 0 Å². The van der Waals surface area contributed by atoms with Gasteiger partial charge in [-0.1, -0.05) is 12.1 Å². The van der Waals surface area contributed by atoms with Gasteiger partial charge in [-0.15, -0.1) is 0 Å². The van der Waals surface area contributed by atoms with Crippen LogP contribution in [0.15, 0.2) is 47.5 Å². The molecule has 3 N–H and O–H groups in total. The van der Waals surface area contributed by atoms with Gasteiger partial charge in [0, 0.05) is 11.8 Å². The van der Waals surface area contributed by atoms with E-state index in [1.807, 2.05) is 0 Å². The Morgan fingerprint density at radius 1 is 1.09 bits per heavy atom. The van der Waals surface area contributed by atoms with Gasteiger partial charge in [0.2, 0.25) is 0 Å².